The number of ether oxygens (including phenoxy) is 2. The number of hydrogen-bond donors (Lipinski definition) is 2. The molecule has 0 bridgehead atoms. The summed E-state index contributed by atoms with van der Waals surface area (Å²) in [6.45, 7) is 3.20. The third-order valence-corrected chi connectivity index (χ3v) is 5.64. The van der Waals surface area contributed by atoms with Crippen molar-refractivity contribution in [2.45, 2.75) is 25.0 Å². The van der Waals surface area contributed by atoms with E-state index in [1.807, 2.05) is 29.7 Å². The standard InChI is InChI=1S/C22H26N4O4S/c1-4-26-21(16-6-8-17(27)9-7-16)24-25-22(26)31-14-20(28)23-12-11-15-5-10-18(29-2)19(13-15)30-3/h5-10,13,27H,4,11-12,14H2,1-3H3,(H,23,28). The summed E-state index contributed by atoms with van der Waals surface area (Å²) >= 11 is 1.35. The summed E-state index contributed by atoms with van der Waals surface area (Å²) in [4.78, 5) is 12.3. The van der Waals surface area contributed by atoms with Crippen molar-refractivity contribution in [2.75, 3.05) is 26.5 Å². The number of aromatic hydroxyl groups is 1. The smallest absolute Gasteiger partial charge is 0.230 e. The maximum atomic E-state index is 12.3. The Hall–Kier alpha value is -3.20. The van der Waals surface area contributed by atoms with Crippen LogP contribution in [0.4, 0.5) is 0 Å². The second kappa shape index (κ2) is 10.7. The predicted octanol–water partition coefficient (Wildman–Crippen LogP) is 3.14. The lowest BCUT2D eigenvalue weighted by Crippen LogP contribution is -2.27. The molecule has 1 aromatic heterocycles. The fraction of sp³-hybridized carbons (Fsp3) is 0.318. The Bertz CT molecular complexity index is 1020. The Morgan fingerprint density at radius 1 is 1.10 bits per heavy atom. The van der Waals surface area contributed by atoms with Crippen LogP contribution in [-0.2, 0) is 17.8 Å². The molecule has 1 amide bonds. The normalized spacial score (nSPS) is 10.7. The molecule has 2 aromatic carbocycles. The van der Waals surface area contributed by atoms with Crippen LogP contribution in [0.1, 0.15) is 12.5 Å². The molecule has 0 spiro atoms. The van der Waals surface area contributed by atoms with E-state index in [1.165, 1.54) is 11.8 Å². The fourth-order valence-electron chi connectivity index (χ4n) is 3.07. The number of carbonyl (C=O) groups excluding carboxylic acids is 1. The SMILES string of the molecule is CCn1c(SCC(=O)NCCc2ccc(OC)c(OC)c2)nnc1-c1ccc(O)cc1. The summed E-state index contributed by atoms with van der Waals surface area (Å²) in [5, 5.41) is 21.6. The highest BCUT2D eigenvalue weighted by atomic mass is 32.2. The zero-order chi connectivity index (χ0) is 22.2. The van der Waals surface area contributed by atoms with Crippen LogP contribution in [0.25, 0.3) is 11.4 Å². The van der Waals surface area contributed by atoms with E-state index in [2.05, 4.69) is 15.5 Å². The molecule has 0 unspecified atom stereocenters. The number of benzene rings is 2. The summed E-state index contributed by atoms with van der Waals surface area (Å²) in [5.74, 6) is 2.44. The van der Waals surface area contributed by atoms with E-state index < -0.39 is 0 Å². The number of thioether (sulfide) groups is 1. The van der Waals surface area contributed by atoms with Crippen LogP contribution in [0.2, 0.25) is 0 Å². The van der Waals surface area contributed by atoms with Crippen LogP contribution in [0, 0.1) is 0 Å². The largest absolute Gasteiger partial charge is 0.508 e. The average molecular weight is 443 g/mol. The van der Waals surface area contributed by atoms with E-state index in [4.69, 9.17) is 9.47 Å². The molecule has 164 valence electrons. The van der Waals surface area contributed by atoms with Gasteiger partial charge >= 0.3 is 0 Å². The summed E-state index contributed by atoms with van der Waals surface area (Å²) in [6, 6.07) is 12.5. The predicted molar refractivity (Wildman–Crippen MR) is 120 cm³/mol. The van der Waals surface area contributed by atoms with Gasteiger partial charge in [-0.3, -0.25) is 4.79 Å². The van der Waals surface area contributed by atoms with Crippen LogP contribution in [0.15, 0.2) is 47.6 Å². The van der Waals surface area contributed by atoms with Crippen molar-refractivity contribution in [1.82, 2.24) is 20.1 Å². The van der Waals surface area contributed by atoms with Gasteiger partial charge in [0.2, 0.25) is 5.91 Å². The van der Waals surface area contributed by atoms with E-state index in [-0.39, 0.29) is 17.4 Å². The van der Waals surface area contributed by atoms with E-state index in [1.54, 1.807) is 38.5 Å². The maximum absolute atomic E-state index is 12.3. The van der Waals surface area contributed by atoms with Gasteiger partial charge < -0.3 is 24.5 Å². The average Bonchev–Trinajstić information content (AvgIpc) is 3.21. The quantitative estimate of drug-likeness (QED) is 0.466. The first kappa shape index (κ1) is 22.5. The number of nitrogens with one attached hydrogen (secondary N) is 1. The van der Waals surface area contributed by atoms with Gasteiger partial charge in [-0.1, -0.05) is 17.8 Å². The van der Waals surface area contributed by atoms with Crippen LogP contribution in [0.5, 0.6) is 17.2 Å². The van der Waals surface area contributed by atoms with Gasteiger partial charge in [0, 0.05) is 18.7 Å². The van der Waals surface area contributed by atoms with Crippen molar-refractivity contribution in [3.8, 4) is 28.6 Å². The van der Waals surface area contributed by atoms with E-state index in [0.29, 0.717) is 42.0 Å². The molecule has 0 atom stereocenters. The lowest BCUT2D eigenvalue weighted by atomic mass is 10.1. The van der Waals surface area contributed by atoms with Crippen LogP contribution >= 0.6 is 11.8 Å². The number of carbonyl (C=O) groups is 1. The molecular formula is C22H26N4O4S. The second-order valence-corrected chi connectivity index (χ2v) is 7.62. The molecule has 3 aromatic rings. The first-order chi connectivity index (χ1) is 15.0. The summed E-state index contributed by atoms with van der Waals surface area (Å²) in [6.07, 6.45) is 0.687. The lowest BCUT2D eigenvalue weighted by molar-refractivity contribution is -0.118. The van der Waals surface area contributed by atoms with Crippen molar-refractivity contribution in [1.29, 1.82) is 0 Å². The van der Waals surface area contributed by atoms with E-state index >= 15 is 0 Å². The van der Waals surface area contributed by atoms with Crippen LogP contribution in [0.3, 0.4) is 0 Å². The van der Waals surface area contributed by atoms with Crippen LogP contribution in [-0.4, -0.2) is 52.3 Å². The molecule has 1 heterocycles. The van der Waals surface area contributed by atoms with Gasteiger partial charge in [0.1, 0.15) is 5.75 Å². The number of rotatable bonds is 10. The molecule has 3 rings (SSSR count). The van der Waals surface area contributed by atoms with Gasteiger partial charge in [-0.25, -0.2) is 0 Å². The maximum Gasteiger partial charge on any atom is 0.230 e. The minimum absolute atomic E-state index is 0.0673. The topological polar surface area (TPSA) is 98.5 Å². The molecule has 0 radical (unpaired) electrons. The highest BCUT2D eigenvalue weighted by Crippen LogP contribution is 2.28. The Balaban J connectivity index is 1.52. The van der Waals surface area contributed by atoms with Crippen molar-refractivity contribution in [2.24, 2.45) is 0 Å². The highest BCUT2D eigenvalue weighted by Gasteiger charge is 2.14. The van der Waals surface area contributed by atoms with Gasteiger partial charge in [-0.05, 0) is 55.3 Å². The van der Waals surface area contributed by atoms with Gasteiger partial charge in [0.05, 0.1) is 20.0 Å². The van der Waals surface area contributed by atoms with Gasteiger partial charge in [0.15, 0.2) is 22.5 Å². The highest BCUT2D eigenvalue weighted by molar-refractivity contribution is 7.99. The molecule has 0 aliphatic rings. The molecule has 8 nitrogen and oxygen atoms in total. The Kier molecular flexibility index (Phi) is 7.77. The number of aromatic nitrogens is 3. The molecule has 0 aliphatic carbocycles. The van der Waals surface area contributed by atoms with Crippen molar-refractivity contribution < 1.29 is 19.4 Å². The Morgan fingerprint density at radius 3 is 2.52 bits per heavy atom. The zero-order valence-corrected chi connectivity index (χ0v) is 18.6. The van der Waals surface area contributed by atoms with E-state index in [9.17, 15) is 9.90 Å². The Morgan fingerprint density at radius 2 is 1.84 bits per heavy atom. The third kappa shape index (κ3) is 5.69. The monoisotopic (exact) mass is 442 g/mol. The Labute approximate surface area is 185 Å². The van der Waals surface area contributed by atoms with Crippen molar-refractivity contribution >= 4 is 17.7 Å². The number of methoxy groups -OCH3 is 2. The van der Waals surface area contributed by atoms with Crippen molar-refractivity contribution in [3.05, 3.63) is 48.0 Å². The van der Waals surface area contributed by atoms with Gasteiger partial charge in [-0.2, -0.15) is 0 Å². The number of hydrogen-bond acceptors (Lipinski definition) is 7. The lowest BCUT2D eigenvalue weighted by Gasteiger charge is -2.10. The molecule has 2 N–H and O–H groups in total. The molecule has 0 saturated carbocycles. The first-order valence-electron chi connectivity index (χ1n) is 9.88. The number of nitrogens with zero attached hydrogens (tertiary/aromatic N) is 3. The molecule has 0 saturated heterocycles. The number of amides is 1. The molecule has 9 heteroatoms. The molecule has 0 fully saturated rings. The van der Waals surface area contributed by atoms with E-state index in [0.717, 1.165) is 11.1 Å². The number of phenols is 1. The minimum atomic E-state index is -0.0673. The summed E-state index contributed by atoms with van der Waals surface area (Å²) in [5.41, 5.74) is 1.91. The molecule has 0 aliphatic heterocycles. The van der Waals surface area contributed by atoms with Crippen molar-refractivity contribution in [3.63, 3.8) is 0 Å². The first-order valence-corrected chi connectivity index (χ1v) is 10.9. The number of phenolic OH excluding ortho intramolecular Hbond substituents is 1. The summed E-state index contributed by atoms with van der Waals surface area (Å²) in [7, 11) is 3.20. The minimum Gasteiger partial charge on any atom is -0.508 e. The van der Waals surface area contributed by atoms with Crippen LogP contribution < -0.4 is 14.8 Å². The second-order valence-electron chi connectivity index (χ2n) is 6.68. The molecular weight excluding hydrogens is 416 g/mol. The third-order valence-electron chi connectivity index (χ3n) is 4.67. The molecule has 31 heavy (non-hydrogen) atoms. The van der Waals surface area contributed by atoms with Gasteiger partial charge in [0.25, 0.3) is 0 Å². The van der Waals surface area contributed by atoms with Gasteiger partial charge in [-0.15, -0.1) is 10.2 Å². The summed E-state index contributed by atoms with van der Waals surface area (Å²) < 4.78 is 12.5. The zero-order valence-electron chi connectivity index (χ0n) is 17.8. The fourth-order valence-corrected chi connectivity index (χ4v) is 3.90.